The van der Waals surface area contributed by atoms with Gasteiger partial charge in [-0.15, -0.1) is 5.10 Å². The van der Waals surface area contributed by atoms with Gasteiger partial charge in [0.05, 0.1) is 13.0 Å². The van der Waals surface area contributed by atoms with Crippen LogP contribution in [0.15, 0.2) is 24.3 Å². The van der Waals surface area contributed by atoms with Gasteiger partial charge in [0.15, 0.2) is 0 Å². The highest BCUT2D eigenvalue weighted by Gasteiger charge is 2.39. The zero-order valence-electron chi connectivity index (χ0n) is 15.5. The quantitative estimate of drug-likeness (QED) is 0.610. The third-order valence-corrected chi connectivity index (χ3v) is 4.54. The van der Waals surface area contributed by atoms with Gasteiger partial charge in [-0.2, -0.15) is 4.98 Å². The van der Waals surface area contributed by atoms with Crippen LogP contribution in [0.2, 0.25) is 5.02 Å². The molecule has 0 spiro atoms. The second kappa shape index (κ2) is 8.39. The van der Waals surface area contributed by atoms with E-state index in [2.05, 4.69) is 25.8 Å². The molecule has 1 atom stereocenters. The van der Waals surface area contributed by atoms with Crippen molar-refractivity contribution in [3.63, 3.8) is 0 Å². The summed E-state index contributed by atoms with van der Waals surface area (Å²) in [6.45, 7) is 4.13. The molecule has 1 aromatic heterocycles. The molecule has 28 heavy (non-hydrogen) atoms. The molecular formula is C18H21ClN6O3. The van der Waals surface area contributed by atoms with E-state index in [4.69, 9.17) is 11.6 Å². The molecule has 9 nitrogen and oxygen atoms in total. The van der Waals surface area contributed by atoms with Gasteiger partial charge < -0.3 is 5.32 Å². The predicted molar refractivity (Wildman–Crippen MR) is 102 cm³/mol. The Labute approximate surface area is 166 Å². The van der Waals surface area contributed by atoms with Crippen molar-refractivity contribution in [3.05, 3.63) is 40.7 Å². The van der Waals surface area contributed by atoms with Crippen molar-refractivity contribution >= 4 is 35.4 Å². The summed E-state index contributed by atoms with van der Waals surface area (Å²) >= 11 is 6.09. The lowest BCUT2D eigenvalue weighted by Crippen LogP contribution is -2.34. The van der Waals surface area contributed by atoms with Crippen LogP contribution in [-0.4, -0.2) is 44.0 Å². The molecule has 1 aromatic carbocycles. The van der Waals surface area contributed by atoms with E-state index in [1.807, 2.05) is 13.8 Å². The summed E-state index contributed by atoms with van der Waals surface area (Å²) in [6.07, 6.45) is 0.495. The van der Waals surface area contributed by atoms with Crippen molar-refractivity contribution in [2.75, 3.05) is 5.32 Å². The molecule has 1 unspecified atom stereocenters. The number of nitrogens with one attached hydrogen (secondary N) is 3. The molecule has 1 saturated heterocycles. The zero-order chi connectivity index (χ0) is 20.3. The number of aromatic amines is 1. The van der Waals surface area contributed by atoms with Gasteiger partial charge in [0.25, 0.3) is 5.91 Å². The molecule has 2 heterocycles. The SMILES string of the molecule is CC(C)Cc1nc(NC(=O)CC2NC(=O)N(Cc3ccccc3Cl)C2=O)n[nH]1. The lowest BCUT2D eigenvalue weighted by Gasteiger charge is -2.14. The maximum absolute atomic E-state index is 12.5. The molecule has 0 radical (unpaired) electrons. The second-order valence-electron chi connectivity index (χ2n) is 6.97. The monoisotopic (exact) mass is 404 g/mol. The fourth-order valence-electron chi connectivity index (χ4n) is 2.85. The van der Waals surface area contributed by atoms with E-state index in [1.165, 1.54) is 0 Å². The molecule has 1 aliphatic rings. The number of urea groups is 1. The number of carbonyl (C=O) groups is 3. The van der Waals surface area contributed by atoms with Crippen molar-refractivity contribution in [2.45, 2.75) is 39.3 Å². The van der Waals surface area contributed by atoms with Crippen molar-refractivity contribution in [2.24, 2.45) is 5.92 Å². The first kappa shape index (κ1) is 19.8. The van der Waals surface area contributed by atoms with Gasteiger partial charge in [-0.1, -0.05) is 43.6 Å². The fourth-order valence-corrected chi connectivity index (χ4v) is 3.05. The summed E-state index contributed by atoms with van der Waals surface area (Å²) < 4.78 is 0. The van der Waals surface area contributed by atoms with E-state index in [1.54, 1.807) is 24.3 Å². The first-order valence-electron chi connectivity index (χ1n) is 8.90. The van der Waals surface area contributed by atoms with Gasteiger partial charge in [-0.25, -0.2) is 4.79 Å². The average molecular weight is 405 g/mol. The number of benzene rings is 1. The maximum Gasteiger partial charge on any atom is 0.325 e. The van der Waals surface area contributed by atoms with Crippen LogP contribution in [0.1, 0.15) is 31.7 Å². The van der Waals surface area contributed by atoms with Crippen LogP contribution in [-0.2, 0) is 22.6 Å². The summed E-state index contributed by atoms with van der Waals surface area (Å²) in [5.74, 6) is 0.266. The van der Waals surface area contributed by atoms with Crippen LogP contribution < -0.4 is 10.6 Å². The van der Waals surface area contributed by atoms with E-state index in [-0.39, 0.29) is 18.9 Å². The van der Waals surface area contributed by atoms with Gasteiger partial charge in [-0.3, -0.25) is 24.9 Å². The predicted octanol–water partition coefficient (Wildman–Crippen LogP) is 2.11. The highest BCUT2D eigenvalue weighted by molar-refractivity contribution is 6.31. The molecule has 0 bridgehead atoms. The van der Waals surface area contributed by atoms with Crippen molar-refractivity contribution in [1.82, 2.24) is 25.4 Å². The number of hydrogen-bond acceptors (Lipinski definition) is 5. The number of aromatic nitrogens is 3. The summed E-state index contributed by atoms with van der Waals surface area (Å²) in [5, 5.41) is 12.2. The Bertz CT molecular complexity index is 897. The number of amides is 4. The van der Waals surface area contributed by atoms with Crippen LogP contribution in [0.5, 0.6) is 0 Å². The van der Waals surface area contributed by atoms with Crippen molar-refractivity contribution in [3.8, 4) is 0 Å². The largest absolute Gasteiger partial charge is 0.325 e. The van der Waals surface area contributed by atoms with Gasteiger partial charge in [0.1, 0.15) is 11.9 Å². The Morgan fingerprint density at radius 3 is 2.79 bits per heavy atom. The van der Waals surface area contributed by atoms with Gasteiger partial charge in [0, 0.05) is 11.4 Å². The van der Waals surface area contributed by atoms with Gasteiger partial charge in [-0.05, 0) is 17.5 Å². The van der Waals surface area contributed by atoms with Crippen LogP contribution >= 0.6 is 11.6 Å². The minimum absolute atomic E-state index is 0.0436. The molecule has 0 aliphatic carbocycles. The number of carbonyl (C=O) groups excluding carboxylic acids is 3. The molecule has 0 saturated carbocycles. The summed E-state index contributed by atoms with van der Waals surface area (Å²) in [5.41, 5.74) is 0.649. The normalized spacial score (nSPS) is 16.6. The third kappa shape index (κ3) is 4.66. The first-order chi connectivity index (χ1) is 13.3. The maximum atomic E-state index is 12.5. The van der Waals surface area contributed by atoms with Crippen molar-refractivity contribution in [1.29, 1.82) is 0 Å². The Hall–Kier alpha value is -2.94. The molecule has 4 amide bonds. The summed E-state index contributed by atoms with van der Waals surface area (Å²) in [4.78, 5) is 42.1. The van der Waals surface area contributed by atoms with Gasteiger partial charge in [0.2, 0.25) is 11.9 Å². The second-order valence-corrected chi connectivity index (χ2v) is 7.38. The standard InChI is InChI=1S/C18H21ClN6O3/c1-10(2)7-14-21-17(24-23-14)22-15(26)8-13-16(27)25(18(28)20-13)9-11-5-3-4-6-12(11)19/h3-6,10,13H,7-9H2,1-2H3,(H,20,28)(H2,21,22,23,24,26). The molecule has 1 fully saturated rings. The first-order valence-corrected chi connectivity index (χ1v) is 9.27. The van der Waals surface area contributed by atoms with Crippen molar-refractivity contribution < 1.29 is 14.4 Å². The molecule has 3 N–H and O–H groups in total. The Kier molecular flexibility index (Phi) is 5.93. The molecule has 148 valence electrons. The fraction of sp³-hybridized carbons (Fsp3) is 0.389. The molecule has 3 rings (SSSR count). The van der Waals surface area contributed by atoms with Crippen LogP contribution in [0.4, 0.5) is 10.7 Å². The lowest BCUT2D eigenvalue weighted by atomic mass is 10.1. The highest BCUT2D eigenvalue weighted by Crippen LogP contribution is 2.20. The summed E-state index contributed by atoms with van der Waals surface area (Å²) in [7, 11) is 0. The Balaban J connectivity index is 1.58. The molecular weight excluding hydrogens is 384 g/mol. The highest BCUT2D eigenvalue weighted by atomic mass is 35.5. The number of imide groups is 1. The number of anilines is 1. The number of halogens is 1. The number of nitrogens with zero attached hydrogens (tertiary/aromatic N) is 3. The van der Waals surface area contributed by atoms with Crippen LogP contribution in [0, 0.1) is 5.92 Å². The molecule has 1 aliphatic heterocycles. The van der Waals surface area contributed by atoms with E-state index in [0.29, 0.717) is 28.7 Å². The Morgan fingerprint density at radius 1 is 1.32 bits per heavy atom. The minimum Gasteiger partial charge on any atom is -0.325 e. The topological polar surface area (TPSA) is 120 Å². The number of hydrogen-bond donors (Lipinski definition) is 3. The summed E-state index contributed by atoms with van der Waals surface area (Å²) in [6, 6.07) is 5.46. The lowest BCUT2D eigenvalue weighted by molar-refractivity contribution is -0.130. The average Bonchev–Trinajstić information content (AvgIpc) is 3.15. The van der Waals surface area contributed by atoms with Crippen LogP contribution in [0.3, 0.4) is 0 Å². The van der Waals surface area contributed by atoms with E-state index in [9.17, 15) is 14.4 Å². The Morgan fingerprint density at radius 2 is 2.07 bits per heavy atom. The van der Waals surface area contributed by atoms with Gasteiger partial charge >= 0.3 is 6.03 Å². The van der Waals surface area contributed by atoms with E-state index >= 15 is 0 Å². The third-order valence-electron chi connectivity index (χ3n) is 4.17. The number of H-pyrrole nitrogens is 1. The molecule has 10 heteroatoms. The minimum atomic E-state index is -0.941. The van der Waals surface area contributed by atoms with Crippen LogP contribution in [0.25, 0.3) is 0 Å². The van der Waals surface area contributed by atoms with E-state index in [0.717, 1.165) is 4.90 Å². The zero-order valence-corrected chi connectivity index (χ0v) is 16.3. The van der Waals surface area contributed by atoms with E-state index < -0.39 is 23.9 Å². The smallest absolute Gasteiger partial charge is 0.325 e. The number of rotatable bonds is 7. The molecule has 2 aromatic rings.